The van der Waals surface area contributed by atoms with E-state index in [0.717, 1.165) is 45.6 Å². The summed E-state index contributed by atoms with van der Waals surface area (Å²) in [6.07, 6.45) is 7.14. The first-order chi connectivity index (χ1) is 15.1. The molecule has 4 rings (SSSR count). The Balaban J connectivity index is 1.36. The van der Waals surface area contributed by atoms with E-state index >= 15 is 0 Å². The molecule has 0 unspecified atom stereocenters. The molecule has 0 aromatic heterocycles. The summed E-state index contributed by atoms with van der Waals surface area (Å²) in [4.78, 5) is 2.65. The summed E-state index contributed by atoms with van der Waals surface area (Å²) in [5, 5.41) is 8.59. The number of nitrogens with zero attached hydrogens (tertiary/aromatic N) is 1. The fourth-order valence-corrected chi connectivity index (χ4v) is 5.94. The minimum atomic E-state index is 0.117. The van der Waals surface area contributed by atoms with Crippen LogP contribution < -0.4 is 10.6 Å². The van der Waals surface area contributed by atoms with Crippen LogP contribution in [0.3, 0.4) is 0 Å². The predicted molar refractivity (Wildman–Crippen MR) is 132 cm³/mol. The normalized spacial score (nSPS) is 24.2. The molecule has 1 atom stereocenters. The highest BCUT2D eigenvalue weighted by atomic mass is 35.5. The van der Waals surface area contributed by atoms with Crippen LogP contribution in [0.4, 0.5) is 0 Å². The van der Waals surface area contributed by atoms with Crippen molar-refractivity contribution in [2.75, 3.05) is 39.8 Å². The van der Waals surface area contributed by atoms with Crippen molar-refractivity contribution < 1.29 is 0 Å². The smallest absolute Gasteiger partial charge is 0.0595 e. The zero-order chi connectivity index (χ0) is 21.7. The highest BCUT2D eigenvalue weighted by molar-refractivity contribution is 6.42. The zero-order valence-electron chi connectivity index (χ0n) is 18.6. The topological polar surface area (TPSA) is 27.3 Å². The van der Waals surface area contributed by atoms with Gasteiger partial charge in [-0.25, -0.2) is 0 Å². The van der Waals surface area contributed by atoms with Crippen molar-refractivity contribution in [1.29, 1.82) is 0 Å². The van der Waals surface area contributed by atoms with E-state index in [2.05, 4.69) is 65.0 Å². The van der Waals surface area contributed by atoms with Crippen LogP contribution in [0.2, 0.25) is 10.0 Å². The van der Waals surface area contributed by atoms with Gasteiger partial charge in [0.25, 0.3) is 0 Å². The summed E-state index contributed by atoms with van der Waals surface area (Å²) in [5.74, 6) is 0. The van der Waals surface area contributed by atoms with Crippen LogP contribution in [-0.4, -0.2) is 44.7 Å². The first-order valence-electron chi connectivity index (χ1n) is 11.7. The van der Waals surface area contributed by atoms with E-state index in [1.54, 1.807) is 0 Å². The average molecular weight is 460 g/mol. The first-order valence-corrected chi connectivity index (χ1v) is 12.5. The molecule has 2 N–H and O–H groups in total. The van der Waals surface area contributed by atoms with Gasteiger partial charge in [0.15, 0.2) is 0 Å². The summed E-state index contributed by atoms with van der Waals surface area (Å²) >= 11 is 12.6. The molecular weight excluding hydrogens is 425 g/mol. The highest BCUT2D eigenvalue weighted by Crippen LogP contribution is 2.39. The SMILES string of the molecule is CNC1(c2ccccc2)CCN(CCC[C@]2(c3ccc(Cl)c(Cl)c3)CCCNC2)CC1. The number of likely N-dealkylation sites (tertiary alicyclic amines) is 1. The van der Waals surface area contributed by atoms with Gasteiger partial charge < -0.3 is 15.5 Å². The third-order valence-corrected chi connectivity index (χ3v) is 8.39. The highest BCUT2D eigenvalue weighted by Gasteiger charge is 2.36. The maximum atomic E-state index is 6.38. The number of benzene rings is 2. The summed E-state index contributed by atoms with van der Waals surface area (Å²) in [6, 6.07) is 17.2. The standard InChI is InChI=1S/C26H35Cl2N3/c1-29-26(21-7-3-2-4-8-21)13-17-31(18-14-26)16-6-12-25(11-5-15-30-20-25)22-9-10-23(27)24(28)19-22/h2-4,7-10,19,29-30H,5-6,11-18,20H2,1H3/t25-/m1/s1. The Morgan fingerprint density at radius 2 is 1.74 bits per heavy atom. The Bertz CT molecular complexity index is 841. The first kappa shape index (κ1) is 23.1. The van der Waals surface area contributed by atoms with Gasteiger partial charge in [-0.15, -0.1) is 0 Å². The molecule has 2 fully saturated rings. The molecule has 2 heterocycles. The lowest BCUT2D eigenvalue weighted by Gasteiger charge is -2.43. The molecule has 2 saturated heterocycles. The molecule has 2 aromatic rings. The molecule has 168 valence electrons. The number of piperidine rings is 2. The van der Waals surface area contributed by atoms with E-state index in [9.17, 15) is 0 Å². The molecule has 0 radical (unpaired) electrons. The molecule has 0 bridgehead atoms. The summed E-state index contributed by atoms with van der Waals surface area (Å²) in [6.45, 7) is 5.60. The van der Waals surface area contributed by atoms with Gasteiger partial charge in [0, 0.05) is 30.6 Å². The Morgan fingerprint density at radius 1 is 0.968 bits per heavy atom. The zero-order valence-corrected chi connectivity index (χ0v) is 20.1. The molecule has 0 amide bonds. The van der Waals surface area contributed by atoms with Gasteiger partial charge in [0.05, 0.1) is 10.0 Å². The molecule has 31 heavy (non-hydrogen) atoms. The van der Waals surface area contributed by atoms with Gasteiger partial charge in [-0.2, -0.15) is 0 Å². The van der Waals surface area contributed by atoms with E-state index in [0.29, 0.717) is 10.0 Å². The minimum Gasteiger partial charge on any atom is -0.316 e. The summed E-state index contributed by atoms with van der Waals surface area (Å²) in [5.41, 5.74) is 3.04. The molecule has 0 saturated carbocycles. The van der Waals surface area contributed by atoms with Crippen molar-refractivity contribution >= 4 is 23.2 Å². The quantitative estimate of drug-likeness (QED) is 0.563. The largest absolute Gasteiger partial charge is 0.316 e. The lowest BCUT2D eigenvalue weighted by atomic mass is 9.71. The number of hydrogen-bond donors (Lipinski definition) is 2. The molecule has 5 heteroatoms. The van der Waals surface area contributed by atoms with Crippen molar-refractivity contribution in [2.24, 2.45) is 0 Å². The Labute approximate surface area is 197 Å². The maximum absolute atomic E-state index is 6.38. The Hall–Kier alpha value is -1.10. The van der Waals surface area contributed by atoms with Crippen LogP contribution in [0.1, 0.15) is 49.7 Å². The van der Waals surface area contributed by atoms with Crippen LogP contribution in [0, 0.1) is 0 Å². The molecular formula is C26H35Cl2N3. The van der Waals surface area contributed by atoms with E-state index in [-0.39, 0.29) is 11.0 Å². The molecule has 2 aliphatic heterocycles. The van der Waals surface area contributed by atoms with Crippen molar-refractivity contribution in [1.82, 2.24) is 15.5 Å². The molecule has 2 aromatic carbocycles. The van der Waals surface area contributed by atoms with E-state index < -0.39 is 0 Å². The van der Waals surface area contributed by atoms with Crippen LogP contribution in [0.25, 0.3) is 0 Å². The summed E-state index contributed by atoms with van der Waals surface area (Å²) in [7, 11) is 2.11. The van der Waals surface area contributed by atoms with E-state index in [1.807, 2.05) is 6.07 Å². The van der Waals surface area contributed by atoms with Gasteiger partial charge >= 0.3 is 0 Å². The third-order valence-electron chi connectivity index (χ3n) is 7.65. The minimum absolute atomic E-state index is 0.117. The van der Waals surface area contributed by atoms with Crippen LogP contribution in [0.5, 0.6) is 0 Å². The molecule has 0 aliphatic carbocycles. The Kier molecular flexibility index (Phi) is 7.61. The van der Waals surface area contributed by atoms with Crippen molar-refractivity contribution in [3.63, 3.8) is 0 Å². The predicted octanol–water partition coefficient (Wildman–Crippen LogP) is 5.61. The van der Waals surface area contributed by atoms with Crippen molar-refractivity contribution in [3.05, 3.63) is 69.7 Å². The fourth-order valence-electron chi connectivity index (χ4n) is 5.64. The van der Waals surface area contributed by atoms with Gasteiger partial charge in [0.1, 0.15) is 0 Å². The van der Waals surface area contributed by atoms with Gasteiger partial charge in [-0.05, 0) is 81.9 Å². The average Bonchev–Trinajstić information content (AvgIpc) is 2.82. The lowest BCUT2D eigenvalue weighted by Crippen LogP contribution is -2.50. The second-order valence-electron chi connectivity index (χ2n) is 9.33. The second kappa shape index (κ2) is 10.2. The van der Waals surface area contributed by atoms with Gasteiger partial charge in [0.2, 0.25) is 0 Å². The fraction of sp³-hybridized carbons (Fsp3) is 0.538. The van der Waals surface area contributed by atoms with E-state index in [1.165, 1.54) is 36.8 Å². The molecule has 2 aliphatic rings. The van der Waals surface area contributed by atoms with Gasteiger partial charge in [-0.3, -0.25) is 0 Å². The lowest BCUT2D eigenvalue weighted by molar-refractivity contribution is 0.134. The number of halogens is 2. The molecule has 0 spiro atoms. The number of nitrogens with one attached hydrogen (secondary N) is 2. The second-order valence-corrected chi connectivity index (χ2v) is 10.1. The van der Waals surface area contributed by atoms with E-state index in [4.69, 9.17) is 23.2 Å². The third kappa shape index (κ3) is 5.12. The molecule has 3 nitrogen and oxygen atoms in total. The van der Waals surface area contributed by atoms with Gasteiger partial charge in [-0.1, -0.05) is 59.6 Å². The van der Waals surface area contributed by atoms with Crippen molar-refractivity contribution in [3.8, 4) is 0 Å². The Morgan fingerprint density at radius 3 is 2.39 bits per heavy atom. The number of rotatable bonds is 7. The summed E-state index contributed by atoms with van der Waals surface area (Å²) < 4.78 is 0. The van der Waals surface area contributed by atoms with Crippen LogP contribution in [0.15, 0.2) is 48.5 Å². The van der Waals surface area contributed by atoms with Crippen LogP contribution in [-0.2, 0) is 11.0 Å². The van der Waals surface area contributed by atoms with Crippen LogP contribution >= 0.6 is 23.2 Å². The monoisotopic (exact) mass is 459 g/mol. The maximum Gasteiger partial charge on any atom is 0.0595 e. The number of hydrogen-bond acceptors (Lipinski definition) is 3. The van der Waals surface area contributed by atoms with Crippen molar-refractivity contribution in [2.45, 2.75) is 49.5 Å².